The number of esters is 1. The third-order valence-electron chi connectivity index (χ3n) is 8.46. The fourth-order valence-corrected chi connectivity index (χ4v) is 10.7. The van der Waals surface area contributed by atoms with E-state index in [1.807, 2.05) is 97.9 Å². The number of nitrogens with zero attached hydrogens (tertiary/aromatic N) is 1. The van der Waals surface area contributed by atoms with Crippen LogP contribution in [0.1, 0.15) is 41.0 Å². The topological polar surface area (TPSA) is 113 Å². The van der Waals surface area contributed by atoms with Gasteiger partial charge in [0.05, 0.1) is 18.1 Å². The van der Waals surface area contributed by atoms with Crippen molar-refractivity contribution in [3.63, 3.8) is 0 Å². The number of hydrogen-bond donors (Lipinski definition) is 2. The number of aliphatic hydroxyl groups is 1. The van der Waals surface area contributed by atoms with Gasteiger partial charge in [-0.3, -0.25) is 14.4 Å². The zero-order valence-electron chi connectivity index (χ0n) is 27.0. The molecule has 0 aliphatic carbocycles. The Morgan fingerprint density at radius 2 is 1.40 bits per heavy atom. The van der Waals surface area contributed by atoms with Gasteiger partial charge in [0.1, 0.15) is 12.0 Å². The minimum absolute atomic E-state index is 0.0984. The molecule has 1 heterocycles. The summed E-state index contributed by atoms with van der Waals surface area (Å²) in [5.41, 5.74) is 0.732. The van der Waals surface area contributed by atoms with Gasteiger partial charge in [-0.25, -0.2) is 4.79 Å². The first-order valence-corrected chi connectivity index (χ1v) is 17.7. The summed E-state index contributed by atoms with van der Waals surface area (Å²) in [5, 5.41) is 16.0. The van der Waals surface area contributed by atoms with Crippen molar-refractivity contribution < 1.29 is 29.0 Å². The van der Waals surface area contributed by atoms with Gasteiger partial charge in [0, 0.05) is 31.0 Å². The number of aliphatic hydroxyl groups excluding tert-OH is 1. The van der Waals surface area contributed by atoms with E-state index in [2.05, 4.69) is 11.9 Å². The largest absolute Gasteiger partial charge is 0.457 e. The van der Waals surface area contributed by atoms with Gasteiger partial charge in [-0.05, 0) is 41.9 Å². The molecule has 1 fully saturated rings. The lowest BCUT2D eigenvalue weighted by molar-refractivity contribution is -0.157. The molecule has 4 aromatic carbocycles. The molecule has 3 atom stereocenters. The first-order valence-electron chi connectivity index (χ1n) is 15.9. The van der Waals surface area contributed by atoms with Crippen LogP contribution in [0.3, 0.4) is 0 Å². The fourth-order valence-electron chi connectivity index (χ4n) is 6.34. The Kier molecular flexibility index (Phi) is 10.9. The Morgan fingerprint density at radius 3 is 1.88 bits per heavy atom. The van der Waals surface area contributed by atoms with E-state index >= 15 is 0 Å². The average molecular weight is 663 g/mol. The van der Waals surface area contributed by atoms with Gasteiger partial charge >= 0.3 is 5.97 Å². The summed E-state index contributed by atoms with van der Waals surface area (Å²) in [4.78, 5) is 56.7. The van der Waals surface area contributed by atoms with E-state index in [0.717, 1.165) is 15.9 Å². The number of benzene rings is 4. The van der Waals surface area contributed by atoms with Crippen LogP contribution in [-0.2, 0) is 14.3 Å². The molecule has 4 aromatic rings. The Hall–Kier alpha value is -5.04. The van der Waals surface area contributed by atoms with E-state index in [1.54, 1.807) is 18.2 Å². The Balaban J connectivity index is 1.79. The molecular weight excluding hydrogens is 623 g/mol. The number of rotatable bonds is 13. The molecule has 0 saturated carbocycles. The summed E-state index contributed by atoms with van der Waals surface area (Å²) in [6, 6.07) is 34.2. The zero-order chi connectivity index (χ0) is 34.3. The maximum atomic E-state index is 14.5. The molecule has 48 heavy (non-hydrogen) atoms. The number of ether oxygens (including phenoxy) is 1. The summed E-state index contributed by atoms with van der Waals surface area (Å²) in [7, 11) is 0. The van der Waals surface area contributed by atoms with Crippen molar-refractivity contribution in [3.8, 4) is 0 Å². The first-order chi connectivity index (χ1) is 23.2. The minimum Gasteiger partial charge on any atom is -0.457 e. The molecule has 0 spiro atoms. The smallest absolute Gasteiger partial charge is 0.356 e. The number of likely N-dealkylation sites (tertiary alicyclic amines) is 1. The number of hydrogen-bond acceptors (Lipinski definition) is 6. The Labute approximate surface area is 281 Å². The van der Waals surface area contributed by atoms with Gasteiger partial charge in [0.15, 0.2) is 5.78 Å². The number of ketones is 1. The van der Waals surface area contributed by atoms with Crippen molar-refractivity contribution in [3.05, 3.63) is 139 Å². The summed E-state index contributed by atoms with van der Waals surface area (Å²) >= 11 is 0. The lowest BCUT2D eigenvalue weighted by Crippen LogP contribution is -2.68. The lowest BCUT2D eigenvalue weighted by Gasteiger charge is -2.50. The monoisotopic (exact) mass is 662 g/mol. The second-order valence-corrected chi connectivity index (χ2v) is 14.8. The van der Waals surface area contributed by atoms with Crippen LogP contribution >= 0.6 is 6.89 Å². The first kappa shape index (κ1) is 34.3. The molecule has 246 valence electrons. The normalized spacial score (nSPS) is 16.3. The average Bonchev–Trinajstić information content (AvgIpc) is 3.11. The summed E-state index contributed by atoms with van der Waals surface area (Å²) in [6.07, 6.45) is 0.163. The maximum Gasteiger partial charge on any atom is 0.356 e. The van der Waals surface area contributed by atoms with E-state index in [0.29, 0.717) is 12.1 Å². The van der Waals surface area contributed by atoms with Gasteiger partial charge in [-0.2, -0.15) is 0 Å². The molecule has 1 aliphatic heterocycles. The number of carbonyl (C=O) groups excluding carboxylic acids is 4. The quantitative estimate of drug-likeness (QED) is 0.0735. The summed E-state index contributed by atoms with van der Waals surface area (Å²) in [6.45, 7) is 4.18. The van der Waals surface area contributed by atoms with E-state index in [-0.39, 0.29) is 35.7 Å². The number of β-lactam (4-membered cyclic amide) rings is 1. The summed E-state index contributed by atoms with van der Waals surface area (Å²) in [5.74, 6) is -2.79. The minimum atomic E-state index is -3.19. The molecule has 0 aromatic heterocycles. The molecule has 2 N–H and O–H groups in total. The molecule has 1 aliphatic rings. The van der Waals surface area contributed by atoms with Crippen molar-refractivity contribution in [2.45, 2.75) is 32.4 Å². The van der Waals surface area contributed by atoms with Crippen LogP contribution in [0.2, 0.25) is 0 Å². The van der Waals surface area contributed by atoms with Gasteiger partial charge < -0.3 is 20.1 Å². The van der Waals surface area contributed by atoms with Crippen molar-refractivity contribution >= 4 is 51.8 Å². The van der Waals surface area contributed by atoms with Crippen LogP contribution in [-0.4, -0.2) is 64.3 Å². The van der Waals surface area contributed by atoms with Gasteiger partial charge in [-0.15, -0.1) is 0 Å². The second kappa shape index (κ2) is 15.2. The molecule has 1 saturated heterocycles. The predicted octanol–water partition coefficient (Wildman–Crippen LogP) is 4.07. The molecular formula is C39H39N2O6P. The van der Waals surface area contributed by atoms with Crippen molar-refractivity contribution in [2.75, 3.05) is 13.2 Å². The highest BCUT2D eigenvalue weighted by molar-refractivity contribution is 7.96. The van der Waals surface area contributed by atoms with Crippen molar-refractivity contribution in [1.82, 2.24) is 10.2 Å². The lowest BCUT2D eigenvalue weighted by atomic mass is 9.79. The van der Waals surface area contributed by atoms with Crippen molar-refractivity contribution in [1.29, 1.82) is 0 Å². The van der Waals surface area contributed by atoms with Gasteiger partial charge in [-0.1, -0.05) is 116 Å². The van der Waals surface area contributed by atoms with Crippen LogP contribution in [0.5, 0.6) is 0 Å². The molecule has 8 nitrogen and oxygen atoms in total. The van der Waals surface area contributed by atoms with Crippen LogP contribution in [0.4, 0.5) is 0 Å². The number of nitrogens with one attached hydrogen (secondary N) is 1. The fraction of sp³-hybridized carbons (Fsp3) is 0.205. The molecule has 0 radical (unpaired) electrons. The standard InChI is InChI=1S/C39H39N2O6P/c1-4-24-47-39(46)38(48(30-18-9-6-10-19-30,31-20-11-7-12-21-31)32-22-13-8-14-23-32)41-33(35(27(3)42)37(41)45)26-34(43)28-16-15-17-29(25-28)36(44)40-5-2/h4,6-23,25,27,33,35,42H,1,5,24,26H2,2-3H3,(H,40,44). The van der Waals surface area contributed by atoms with E-state index < -0.39 is 36.8 Å². The van der Waals surface area contributed by atoms with Crippen LogP contribution < -0.4 is 21.2 Å². The molecule has 3 unspecified atom stereocenters. The SMILES string of the molecule is C=CCOC(=O)C(N1C(=O)C(C(C)O)C1CC(=O)c1cccc(C(=O)NCC)c1)=P(c1ccccc1)(c1ccccc1)c1ccccc1. The highest BCUT2D eigenvalue weighted by Crippen LogP contribution is 2.50. The van der Waals surface area contributed by atoms with Crippen LogP contribution in [0.15, 0.2) is 128 Å². The maximum absolute atomic E-state index is 14.5. The van der Waals surface area contributed by atoms with E-state index in [1.165, 1.54) is 24.0 Å². The molecule has 9 heteroatoms. The van der Waals surface area contributed by atoms with E-state index in [4.69, 9.17) is 4.74 Å². The number of carbonyl (C=O) groups is 4. The Morgan fingerprint density at radius 1 is 0.875 bits per heavy atom. The predicted molar refractivity (Wildman–Crippen MR) is 191 cm³/mol. The third-order valence-corrected chi connectivity index (χ3v) is 12.7. The van der Waals surface area contributed by atoms with E-state index in [9.17, 15) is 24.3 Å². The number of amides is 2. The van der Waals surface area contributed by atoms with Crippen molar-refractivity contribution in [2.24, 2.45) is 5.92 Å². The highest BCUT2D eigenvalue weighted by atomic mass is 31.2. The highest BCUT2D eigenvalue weighted by Gasteiger charge is 2.55. The summed E-state index contributed by atoms with van der Waals surface area (Å²) < 4.78 is 5.78. The number of Topliss-reactive ketones (excluding diaryl/α,β-unsaturated/α-hetero) is 1. The molecule has 5 rings (SSSR count). The Bertz CT molecular complexity index is 1750. The van der Waals surface area contributed by atoms with Gasteiger partial charge in [0.25, 0.3) is 5.91 Å². The molecule has 2 amide bonds. The van der Waals surface area contributed by atoms with Gasteiger partial charge in [0.2, 0.25) is 5.91 Å². The van der Waals surface area contributed by atoms with Crippen LogP contribution in [0, 0.1) is 5.92 Å². The third kappa shape index (κ3) is 6.55. The molecule has 0 bridgehead atoms. The zero-order valence-corrected chi connectivity index (χ0v) is 27.9. The van der Waals surface area contributed by atoms with Crippen LogP contribution in [0.25, 0.3) is 0 Å². The second-order valence-electron chi connectivity index (χ2n) is 11.5.